The third-order valence-electron chi connectivity index (χ3n) is 5.01. The van der Waals surface area contributed by atoms with Gasteiger partial charge in [0.1, 0.15) is 6.10 Å². The fourth-order valence-corrected chi connectivity index (χ4v) is 3.05. The smallest absolute Gasteiger partial charge is 0.332 e. The third-order valence-corrected chi connectivity index (χ3v) is 5.01. The molecule has 0 aromatic heterocycles. The van der Waals surface area contributed by atoms with Crippen LogP contribution in [0.15, 0.2) is 12.2 Å². The van der Waals surface area contributed by atoms with Crippen LogP contribution in [-0.4, -0.2) is 33.4 Å². The number of carboxylic acid groups (broad SMARTS) is 2. The Morgan fingerprint density at radius 2 is 1.00 bits per heavy atom. The van der Waals surface area contributed by atoms with Gasteiger partial charge in [0.05, 0.1) is 0 Å². The number of carboxylic acids is 2. The molecular weight excluding hydrogens is 380 g/mol. The molecule has 0 aliphatic carbocycles. The molecule has 1 atom stereocenters. The molecule has 0 aromatic carbocycles. The summed E-state index contributed by atoms with van der Waals surface area (Å²) in [5.74, 6) is -1.84. The highest BCUT2D eigenvalue weighted by atomic mass is 16.4. The lowest BCUT2D eigenvalue weighted by atomic mass is 10.1. The van der Waals surface area contributed by atoms with Crippen LogP contribution in [-0.2, 0) is 9.59 Å². The van der Waals surface area contributed by atoms with E-state index in [0.717, 1.165) is 12.8 Å². The van der Waals surface area contributed by atoms with Crippen molar-refractivity contribution in [2.24, 2.45) is 0 Å². The Hall–Kier alpha value is -1.36. The molecule has 0 radical (unpaired) electrons. The predicted octanol–water partition coefficient (Wildman–Crippen LogP) is 7.12. The summed E-state index contributed by atoms with van der Waals surface area (Å²) < 4.78 is 0. The molecule has 3 N–H and O–H groups in total. The number of aliphatic carboxylic acids is 2. The van der Waals surface area contributed by atoms with Crippen molar-refractivity contribution >= 4 is 11.9 Å². The van der Waals surface area contributed by atoms with Gasteiger partial charge in [-0.15, -0.1) is 0 Å². The maximum absolute atomic E-state index is 10.4. The molecule has 1 unspecified atom stereocenters. The maximum atomic E-state index is 10.4. The van der Waals surface area contributed by atoms with Crippen LogP contribution in [0.5, 0.6) is 0 Å². The second-order valence-corrected chi connectivity index (χ2v) is 8.16. The van der Waals surface area contributed by atoms with E-state index in [0.29, 0.717) is 6.42 Å². The Labute approximate surface area is 185 Å². The number of hydrogen-bond donors (Lipinski definition) is 3. The largest absolute Gasteiger partial charge is 0.481 e. The molecule has 0 aromatic rings. The molecule has 0 spiro atoms. The number of allylic oxidation sites excluding steroid dienone is 2. The van der Waals surface area contributed by atoms with Gasteiger partial charge in [0.2, 0.25) is 0 Å². The van der Waals surface area contributed by atoms with Crippen molar-refractivity contribution in [3.8, 4) is 0 Å². The number of unbranched alkanes of at least 4 members (excludes halogenated alkanes) is 15. The Kier molecular flexibility index (Phi) is 26.4. The van der Waals surface area contributed by atoms with Gasteiger partial charge in [0, 0.05) is 6.42 Å². The lowest BCUT2D eigenvalue weighted by Crippen LogP contribution is -2.13. The number of aliphatic hydroxyl groups excluding tert-OH is 1. The zero-order valence-electron chi connectivity index (χ0n) is 19.6. The molecule has 0 bridgehead atoms. The predicted molar refractivity (Wildman–Crippen MR) is 125 cm³/mol. The molecule has 0 rings (SSSR count). The summed E-state index contributed by atoms with van der Waals surface area (Å²) in [7, 11) is 0. The first kappa shape index (κ1) is 30.8. The van der Waals surface area contributed by atoms with Gasteiger partial charge in [-0.25, -0.2) is 4.79 Å². The Balaban J connectivity index is 0. The highest BCUT2D eigenvalue weighted by Crippen LogP contribution is 2.12. The summed E-state index contributed by atoms with van der Waals surface area (Å²) in [6.07, 6.45) is 25.9. The Morgan fingerprint density at radius 3 is 1.33 bits per heavy atom. The highest BCUT2D eigenvalue weighted by Gasteiger charge is 2.01. The molecule has 30 heavy (non-hydrogen) atoms. The van der Waals surface area contributed by atoms with Crippen molar-refractivity contribution in [2.75, 3.05) is 0 Å². The van der Waals surface area contributed by atoms with Crippen LogP contribution in [0.1, 0.15) is 129 Å². The first-order chi connectivity index (χ1) is 14.4. The first-order valence-corrected chi connectivity index (χ1v) is 12.2. The van der Waals surface area contributed by atoms with Crippen LogP contribution >= 0.6 is 0 Å². The highest BCUT2D eigenvalue weighted by molar-refractivity contribution is 5.71. The number of hydrogen-bond acceptors (Lipinski definition) is 3. The van der Waals surface area contributed by atoms with E-state index in [9.17, 15) is 9.59 Å². The number of aliphatic hydroxyl groups is 1. The SMILES string of the molecule is CC(O)C(=O)O.CCCCCCCCC=CCCCCCCCCCCCC(=O)O. The monoisotopic (exact) mass is 428 g/mol. The summed E-state index contributed by atoms with van der Waals surface area (Å²) in [5, 5.41) is 24.3. The summed E-state index contributed by atoms with van der Waals surface area (Å²) in [6.45, 7) is 3.47. The van der Waals surface area contributed by atoms with E-state index in [4.69, 9.17) is 15.3 Å². The fourth-order valence-electron chi connectivity index (χ4n) is 3.05. The number of rotatable bonds is 20. The van der Waals surface area contributed by atoms with Crippen LogP contribution in [0.3, 0.4) is 0 Å². The molecule has 178 valence electrons. The van der Waals surface area contributed by atoms with E-state index < -0.39 is 18.0 Å². The minimum absolute atomic E-state index is 0.340. The van der Waals surface area contributed by atoms with E-state index in [1.165, 1.54) is 103 Å². The molecule has 0 aliphatic rings. The average molecular weight is 429 g/mol. The van der Waals surface area contributed by atoms with Gasteiger partial charge >= 0.3 is 11.9 Å². The minimum Gasteiger partial charge on any atom is -0.481 e. The van der Waals surface area contributed by atoms with Crippen molar-refractivity contribution in [2.45, 2.75) is 136 Å². The molecule has 5 nitrogen and oxygen atoms in total. The van der Waals surface area contributed by atoms with Crippen molar-refractivity contribution < 1.29 is 24.9 Å². The maximum Gasteiger partial charge on any atom is 0.332 e. The van der Waals surface area contributed by atoms with Gasteiger partial charge in [-0.05, 0) is 39.0 Å². The van der Waals surface area contributed by atoms with Gasteiger partial charge in [-0.3, -0.25) is 4.79 Å². The van der Waals surface area contributed by atoms with E-state index in [2.05, 4.69) is 19.1 Å². The fraction of sp³-hybridized carbons (Fsp3) is 0.840. The third kappa shape index (κ3) is 31.3. The molecule has 0 saturated carbocycles. The van der Waals surface area contributed by atoms with E-state index >= 15 is 0 Å². The van der Waals surface area contributed by atoms with E-state index in [1.54, 1.807) is 0 Å². The summed E-state index contributed by atoms with van der Waals surface area (Å²) >= 11 is 0. The van der Waals surface area contributed by atoms with Crippen molar-refractivity contribution in [1.82, 2.24) is 0 Å². The molecule has 0 fully saturated rings. The molecular formula is C25H48O5. The second kappa shape index (κ2) is 25.7. The Morgan fingerprint density at radius 1 is 0.667 bits per heavy atom. The molecule has 5 heteroatoms. The lowest BCUT2D eigenvalue weighted by Gasteiger charge is -2.01. The first-order valence-electron chi connectivity index (χ1n) is 12.2. The van der Waals surface area contributed by atoms with Crippen molar-refractivity contribution in [1.29, 1.82) is 0 Å². The van der Waals surface area contributed by atoms with E-state index in [-0.39, 0.29) is 0 Å². The van der Waals surface area contributed by atoms with Gasteiger partial charge in [-0.1, -0.05) is 96.1 Å². The zero-order valence-corrected chi connectivity index (χ0v) is 19.6. The lowest BCUT2D eigenvalue weighted by molar-refractivity contribution is -0.145. The van der Waals surface area contributed by atoms with Gasteiger partial charge < -0.3 is 15.3 Å². The van der Waals surface area contributed by atoms with Crippen LogP contribution in [0.2, 0.25) is 0 Å². The van der Waals surface area contributed by atoms with Crippen molar-refractivity contribution in [3.05, 3.63) is 12.2 Å². The van der Waals surface area contributed by atoms with Crippen LogP contribution in [0.4, 0.5) is 0 Å². The average Bonchev–Trinajstić information content (AvgIpc) is 2.70. The number of carbonyl (C=O) groups is 2. The zero-order chi connectivity index (χ0) is 22.9. The summed E-state index contributed by atoms with van der Waals surface area (Å²) in [5.41, 5.74) is 0. The molecule has 0 aliphatic heterocycles. The second-order valence-electron chi connectivity index (χ2n) is 8.16. The topological polar surface area (TPSA) is 94.8 Å². The summed E-state index contributed by atoms with van der Waals surface area (Å²) in [6, 6.07) is 0. The quantitative estimate of drug-likeness (QED) is 0.142. The summed E-state index contributed by atoms with van der Waals surface area (Å²) in [4.78, 5) is 19.8. The molecule has 0 amide bonds. The van der Waals surface area contributed by atoms with Gasteiger partial charge in [-0.2, -0.15) is 0 Å². The minimum atomic E-state index is -1.23. The van der Waals surface area contributed by atoms with Crippen LogP contribution in [0, 0.1) is 0 Å². The van der Waals surface area contributed by atoms with Crippen molar-refractivity contribution in [3.63, 3.8) is 0 Å². The normalized spacial score (nSPS) is 11.8. The van der Waals surface area contributed by atoms with Gasteiger partial charge in [0.15, 0.2) is 0 Å². The van der Waals surface area contributed by atoms with E-state index in [1.807, 2.05) is 0 Å². The molecule has 0 heterocycles. The Bertz CT molecular complexity index is 404. The standard InChI is InChI=1S/C22H42O2.C3H6O3/c1-2-3-4-5-6-7-8-9-10-11-12-13-14-15-16-17-18-19-20-21-22(23)24;1-2(4)3(5)6/h9-10H,2-8,11-21H2,1H3,(H,23,24);2,4H,1H3,(H,5,6). The van der Waals surface area contributed by atoms with Gasteiger partial charge in [0.25, 0.3) is 0 Å². The van der Waals surface area contributed by atoms with Crippen LogP contribution < -0.4 is 0 Å². The van der Waals surface area contributed by atoms with Crippen LogP contribution in [0.25, 0.3) is 0 Å². The molecule has 0 saturated heterocycles.